The van der Waals surface area contributed by atoms with Crippen LogP contribution in [0.5, 0.6) is 0 Å². The van der Waals surface area contributed by atoms with E-state index in [1.165, 1.54) is 0 Å². The topological polar surface area (TPSA) is 22.8 Å². The molecule has 0 saturated carbocycles. The monoisotopic (exact) mass is 429 g/mol. The zero-order valence-corrected chi connectivity index (χ0v) is 15.6. The molecule has 2 aromatic rings. The fraction of sp³-hybridized carbons (Fsp3) is 0.381. The van der Waals surface area contributed by atoms with Gasteiger partial charge in [0.1, 0.15) is 5.60 Å². The van der Waals surface area contributed by atoms with E-state index in [9.17, 15) is 26.3 Å². The maximum atomic E-state index is 13.0. The van der Waals surface area contributed by atoms with Crippen LogP contribution in [0.3, 0.4) is 0 Å². The van der Waals surface area contributed by atoms with Crippen molar-refractivity contribution in [1.29, 1.82) is 0 Å². The maximum Gasteiger partial charge on any atom is 0.416 e. The van der Waals surface area contributed by atoms with Gasteiger partial charge in [0.25, 0.3) is 0 Å². The highest BCUT2D eigenvalue weighted by Crippen LogP contribution is 2.40. The summed E-state index contributed by atoms with van der Waals surface area (Å²) < 4.78 is 89.5. The molecule has 0 fully saturated rings. The van der Waals surface area contributed by atoms with Crippen molar-refractivity contribution in [2.24, 2.45) is 0 Å². The smallest absolute Gasteiger partial charge is 0.373 e. The molecule has 1 aliphatic heterocycles. The van der Waals surface area contributed by atoms with E-state index in [0.717, 1.165) is 11.1 Å². The summed E-state index contributed by atoms with van der Waals surface area (Å²) in [5.74, 6) is 0. The average molecular weight is 429 g/mol. The van der Waals surface area contributed by atoms with E-state index in [0.29, 0.717) is 25.2 Å². The second-order valence-corrected chi connectivity index (χ2v) is 6.98. The van der Waals surface area contributed by atoms with E-state index in [1.807, 2.05) is 18.2 Å². The third-order valence-electron chi connectivity index (χ3n) is 4.89. The lowest BCUT2D eigenvalue weighted by molar-refractivity contribution is -0.143. The fourth-order valence-electron chi connectivity index (χ4n) is 3.46. The van der Waals surface area contributed by atoms with Gasteiger partial charge in [-0.05, 0) is 34.9 Å². The summed E-state index contributed by atoms with van der Waals surface area (Å²) in [7, 11) is 0. The summed E-state index contributed by atoms with van der Waals surface area (Å²) in [6.07, 6.45) is -9.54. The molecule has 3 rings (SSSR count). The lowest BCUT2D eigenvalue weighted by atomic mass is 9.90. The largest absolute Gasteiger partial charge is 0.416 e. The fourth-order valence-corrected chi connectivity index (χ4v) is 3.46. The van der Waals surface area contributed by atoms with Gasteiger partial charge in [0.05, 0.1) is 37.4 Å². The van der Waals surface area contributed by atoms with Crippen LogP contribution in [-0.4, -0.2) is 13.2 Å². The highest BCUT2D eigenvalue weighted by Gasteiger charge is 2.41. The summed E-state index contributed by atoms with van der Waals surface area (Å²) in [5.41, 5.74) is -2.26. The molecular weight excluding hydrogens is 412 g/mol. The quantitative estimate of drug-likeness (QED) is 0.417. The van der Waals surface area contributed by atoms with Crippen molar-refractivity contribution in [2.75, 3.05) is 13.2 Å². The van der Waals surface area contributed by atoms with E-state index in [4.69, 9.17) is 16.0 Å². The van der Waals surface area contributed by atoms with Crippen LogP contribution in [0.1, 0.15) is 34.2 Å². The molecular formula is C21H17F6NO2. The summed E-state index contributed by atoms with van der Waals surface area (Å²) in [5, 5.41) is 0. The van der Waals surface area contributed by atoms with Crippen LogP contribution in [-0.2, 0) is 40.6 Å². The predicted octanol–water partition coefficient (Wildman–Crippen LogP) is 5.98. The number of benzene rings is 2. The molecule has 0 aromatic heterocycles. The molecule has 160 valence electrons. The standard InChI is InChI=1S/C21H17F6NO2/c1-28-7-6-19(18-5-3-2-4-15(18)12-30-19)13-29-11-14-8-16(20(22,23)24)10-17(9-14)21(25,26)27/h2-5,8-10H,6-7,11-13H2. The van der Waals surface area contributed by atoms with Gasteiger partial charge in [-0.25, -0.2) is 6.57 Å². The predicted molar refractivity (Wildman–Crippen MR) is 95.1 cm³/mol. The third kappa shape index (κ3) is 4.77. The number of hydrogen-bond acceptors (Lipinski definition) is 2. The first kappa shape index (κ1) is 22.1. The first-order valence-corrected chi connectivity index (χ1v) is 8.97. The highest BCUT2D eigenvalue weighted by atomic mass is 19.4. The van der Waals surface area contributed by atoms with E-state index >= 15 is 0 Å². The molecule has 1 unspecified atom stereocenters. The molecule has 0 spiro atoms. The zero-order valence-electron chi connectivity index (χ0n) is 15.6. The van der Waals surface area contributed by atoms with Gasteiger partial charge in [-0.1, -0.05) is 24.3 Å². The Hall–Kier alpha value is -2.57. The van der Waals surface area contributed by atoms with Gasteiger partial charge in [0.2, 0.25) is 6.54 Å². The summed E-state index contributed by atoms with van der Waals surface area (Å²) in [4.78, 5) is 3.33. The van der Waals surface area contributed by atoms with Gasteiger partial charge in [0, 0.05) is 0 Å². The van der Waals surface area contributed by atoms with Crippen LogP contribution in [0.4, 0.5) is 26.3 Å². The third-order valence-corrected chi connectivity index (χ3v) is 4.89. The van der Waals surface area contributed by atoms with Crippen LogP contribution in [0, 0.1) is 6.57 Å². The van der Waals surface area contributed by atoms with Crippen molar-refractivity contribution in [3.63, 3.8) is 0 Å². The highest BCUT2D eigenvalue weighted by molar-refractivity contribution is 5.36. The van der Waals surface area contributed by atoms with Crippen molar-refractivity contribution < 1.29 is 35.8 Å². The molecule has 2 aromatic carbocycles. The number of rotatable bonds is 6. The number of ether oxygens (including phenoxy) is 2. The zero-order chi connectivity index (χ0) is 22.0. The van der Waals surface area contributed by atoms with Crippen molar-refractivity contribution in [3.05, 3.63) is 81.7 Å². The molecule has 0 bridgehead atoms. The summed E-state index contributed by atoms with van der Waals surface area (Å²) >= 11 is 0. The SMILES string of the molecule is [C-]#[N+]CCC1(COCc2cc(C(F)(F)F)cc(C(F)(F)F)c2)OCc2ccccc21. The van der Waals surface area contributed by atoms with E-state index in [1.54, 1.807) is 6.07 Å². The van der Waals surface area contributed by atoms with Crippen molar-refractivity contribution in [3.8, 4) is 0 Å². The molecule has 30 heavy (non-hydrogen) atoms. The number of hydrogen-bond donors (Lipinski definition) is 0. The first-order valence-electron chi connectivity index (χ1n) is 8.97. The normalized spacial score (nSPS) is 18.8. The van der Waals surface area contributed by atoms with E-state index in [-0.39, 0.29) is 24.8 Å². The van der Waals surface area contributed by atoms with Crippen molar-refractivity contribution in [1.82, 2.24) is 0 Å². The van der Waals surface area contributed by atoms with Gasteiger partial charge in [-0.2, -0.15) is 26.3 Å². The lowest BCUT2D eigenvalue weighted by Gasteiger charge is -2.28. The first-order chi connectivity index (χ1) is 14.0. The Morgan fingerprint density at radius 1 is 1.00 bits per heavy atom. The van der Waals surface area contributed by atoms with Crippen molar-refractivity contribution in [2.45, 2.75) is 37.6 Å². The average Bonchev–Trinajstić information content (AvgIpc) is 3.04. The molecule has 1 heterocycles. The second-order valence-electron chi connectivity index (χ2n) is 6.98. The summed E-state index contributed by atoms with van der Waals surface area (Å²) in [6.45, 7) is 6.90. The molecule has 1 aliphatic rings. The minimum Gasteiger partial charge on any atom is -0.373 e. The van der Waals surface area contributed by atoms with Crippen LogP contribution in [0.25, 0.3) is 4.85 Å². The molecule has 3 nitrogen and oxygen atoms in total. The number of alkyl halides is 6. The molecule has 1 atom stereocenters. The molecule has 0 aliphatic carbocycles. The molecule has 0 N–H and O–H groups in total. The Balaban J connectivity index is 1.82. The Morgan fingerprint density at radius 3 is 2.23 bits per heavy atom. The van der Waals surface area contributed by atoms with Gasteiger partial charge in [-0.15, -0.1) is 0 Å². The second kappa shape index (κ2) is 8.28. The van der Waals surface area contributed by atoms with Gasteiger partial charge >= 0.3 is 12.4 Å². The number of fused-ring (bicyclic) bond motifs is 1. The van der Waals surface area contributed by atoms with E-state index in [2.05, 4.69) is 4.85 Å². The van der Waals surface area contributed by atoms with Crippen LogP contribution < -0.4 is 0 Å². The van der Waals surface area contributed by atoms with Gasteiger partial charge < -0.3 is 14.3 Å². The van der Waals surface area contributed by atoms with E-state index < -0.39 is 35.7 Å². The maximum absolute atomic E-state index is 13.0. The molecule has 0 amide bonds. The molecule has 0 saturated heterocycles. The van der Waals surface area contributed by atoms with Gasteiger partial charge in [0.15, 0.2) is 0 Å². The number of nitrogens with zero attached hydrogens (tertiary/aromatic N) is 1. The summed E-state index contributed by atoms with van der Waals surface area (Å²) in [6, 6.07) is 8.67. The molecule has 9 heteroatoms. The van der Waals surface area contributed by atoms with Crippen LogP contribution in [0.2, 0.25) is 0 Å². The number of halogens is 6. The van der Waals surface area contributed by atoms with Gasteiger partial charge in [-0.3, -0.25) is 0 Å². The van der Waals surface area contributed by atoms with Crippen LogP contribution >= 0.6 is 0 Å². The Morgan fingerprint density at radius 2 is 1.63 bits per heavy atom. The minimum atomic E-state index is -4.92. The Bertz CT molecular complexity index is 915. The van der Waals surface area contributed by atoms with Crippen molar-refractivity contribution >= 4 is 0 Å². The Kier molecular flexibility index (Phi) is 6.11. The minimum absolute atomic E-state index is 0.0804. The Labute approximate surface area is 169 Å². The molecule has 0 radical (unpaired) electrons. The lowest BCUT2D eigenvalue weighted by Crippen LogP contribution is -2.32. The van der Waals surface area contributed by atoms with Crippen LogP contribution in [0.15, 0.2) is 42.5 Å².